The molecule has 0 saturated heterocycles. The van der Waals surface area contributed by atoms with E-state index in [0.717, 1.165) is 5.56 Å². The van der Waals surface area contributed by atoms with Crippen LogP contribution in [0.25, 0.3) is 0 Å². The fraction of sp³-hybridized carbons (Fsp3) is 0. The van der Waals surface area contributed by atoms with E-state index in [0.29, 0.717) is 6.04 Å². The van der Waals surface area contributed by atoms with Gasteiger partial charge in [-0.05, 0) is 0 Å². The standard InChI is InChI=1S/C9H7N/c1-2-9(10)8-6-4-3-5-7-8/h3-7H,10H2. The Morgan fingerprint density at radius 2 is 1.90 bits per heavy atom. The van der Waals surface area contributed by atoms with Gasteiger partial charge < -0.3 is 0 Å². The zero-order valence-electron chi connectivity index (χ0n) is 5.46. The molecule has 1 heteroatoms. The van der Waals surface area contributed by atoms with Crippen LogP contribution in [0.3, 0.4) is 0 Å². The molecule has 0 unspecified atom stereocenters. The Balaban J connectivity index is 2.88. The summed E-state index contributed by atoms with van der Waals surface area (Å²) < 4.78 is 0. The zero-order chi connectivity index (χ0) is 7.40. The molecule has 0 aromatic heterocycles. The van der Waals surface area contributed by atoms with E-state index in [1.165, 1.54) is 0 Å². The molecule has 0 fully saturated rings. The summed E-state index contributed by atoms with van der Waals surface area (Å²) >= 11 is 0. The molecule has 2 N–H and O–H groups in total. The third-order valence-electron chi connectivity index (χ3n) is 1.22. The molecule has 10 heavy (non-hydrogen) atoms. The molecule has 1 aromatic carbocycles. The van der Waals surface area contributed by atoms with Crippen molar-refractivity contribution in [2.24, 2.45) is 5.73 Å². The Bertz CT molecular complexity index is 233. The quantitative estimate of drug-likeness (QED) is 0.446. The van der Waals surface area contributed by atoms with Crippen molar-refractivity contribution >= 4 is 0 Å². The van der Waals surface area contributed by atoms with E-state index >= 15 is 0 Å². The summed E-state index contributed by atoms with van der Waals surface area (Å²) in [6.07, 6.45) is 6.73. The number of hydrogen-bond acceptors (Lipinski definition) is 1. The molecule has 1 aromatic rings. The first-order chi connectivity index (χ1) is 4.84. The van der Waals surface area contributed by atoms with Crippen molar-refractivity contribution in [3.05, 3.63) is 48.4 Å². The van der Waals surface area contributed by atoms with E-state index < -0.39 is 0 Å². The van der Waals surface area contributed by atoms with Gasteiger partial charge in [-0.15, -0.1) is 0 Å². The van der Waals surface area contributed by atoms with Gasteiger partial charge in [0.05, 0.1) is 0 Å². The molecule has 0 amide bonds. The van der Waals surface area contributed by atoms with Gasteiger partial charge in [-0.25, -0.2) is 0 Å². The second-order valence-corrected chi connectivity index (χ2v) is 1.90. The Labute approximate surface area is 60.9 Å². The molecular formula is C9H7N. The number of hydrogen-bond donors (Lipinski definition) is 1. The molecular weight excluding hydrogens is 122 g/mol. The van der Waals surface area contributed by atoms with Crippen molar-refractivity contribution in [1.82, 2.24) is 0 Å². The van der Waals surface area contributed by atoms with Gasteiger partial charge >= 0.3 is 60.0 Å². The molecule has 1 nitrogen and oxygen atoms in total. The van der Waals surface area contributed by atoms with E-state index in [-0.39, 0.29) is 0 Å². The van der Waals surface area contributed by atoms with Crippen molar-refractivity contribution in [3.63, 3.8) is 0 Å². The summed E-state index contributed by atoms with van der Waals surface area (Å²) in [6, 6.07) is 9.72. The minimum atomic E-state index is 0.376. The van der Waals surface area contributed by atoms with E-state index in [2.05, 4.69) is 5.92 Å². The first kappa shape index (κ1) is 6.94. The van der Waals surface area contributed by atoms with Crippen molar-refractivity contribution in [2.75, 3.05) is 0 Å². The molecule has 0 radical (unpaired) electrons. The monoisotopic (exact) mass is 129 g/mol. The van der Waals surface area contributed by atoms with Gasteiger partial charge in [-0.1, -0.05) is 0 Å². The van der Waals surface area contributed by atoms with Crippen LogP contribution in [-0.4, -0.2) is 0 Å². The molecule has 0 heterocycles. The van der Waals surface area contributed by atoms with Gasteiger partial charge in [0.25, 0.3) is 0 Å². The summed E-state index contributed by atoms with van der Waals surface area (Å²) in [5.41, 5.74) is 6.26. The maximum absolute atomic E-state index is 6.73. The predicted molar refractivity (Wildman–Crippen MR) is 40.1 cm³/mol. The first-order valence-corrected chi connectivity index (χ1v) is 2.95. The second kappa shape index (κ2) is 3.11. The van der Waals surface area contributed by atoms with E-state index in [4.69, 9.17) is 12.2 Å². The van der Waals surface area contributed by atoms with Crippen LogP contribution in [0.1, 0.15) is 5.56 Å². The SMILES string of the molecule is [C+]#C[C-](N)c1ccccc1. The zero-order valence-corrected chi connectivity index (χ0v) is 5.46. The van der Waals surface area contributed by atoms with Gasteiger partial charge in [0.15, 0.2) is 0 Å². The first-order valence-electron chi connectivity index (χ1n) is 2.95. The summed E-state index contributed by atoms with van der Waals surface area (Å²) in [7, 11) is 0. The fourth-order valence-electron chi connectivity index (χ4n) is 0.690. The molecule has 1 rings (SSSR count). The van der Waals surface area contributed by atoms with E-state index in [1.807, 2.05) is 30.3 Å². The predicted octanol–water partition coefficient (Wildman–Crippen LogP) is 1.12. The molecule has 0 aliphatic rings. The number of rotatable bonds is 1. The van der Waals surface area contributed by atoms with Crippen LogP contribution in [0, 0.1) is 18.4 Å². The third-order valence-corrected chi connectivity index (χ3v) is 1.22. The Morgan fingerprint density at radius 3 is 2.40 bits per heavy atom. The van der Waals surface area contributed by atoms with Crippen LogP contribution in [0.2, 0.25) is 0 Å². The number of nitrogens with two attached hydrogens (primary N) is 1. The second-order valence-electron chi connectivity index (χ2n) is 1.90. The maximum atomic E-state index is 6.73. The molecule has 48 valence electrons. The van der Waals surface area contributed by atoms with E-state index in [1.54, 1.807) is 0 Å². The molecule has 0 atom stereocenters. The Hall–Kier alpha value is -1.17. The van der Waals surface area contributed by atoms with Crippen LogP contribution in [0.4, 0.5) is 0 Å². The Morgan fingerprint density at radius 1 is 1.30 bits per heavy atom. The fourth-order valence-corrected chi connectivity index (χ4v) is 0.690. The summed E-state index contributed by atoms with van der Waals surface area (Å²) in [5.74, 6) is 2.13. The Kier molecular flexibility index (Phi) is 2.16. The van der Waals surface area contributed by atoms with Crippen LogP contribution in [0.5, 0.6) is 0 Å². The molecule has 0 aliphatic heterocycles. The summed E-state index contributed by atoms with van der Waals surface area (Å²) in [5, 5.41) is 0. The van der Waals surface area contributed by atoms with Crippen molar-refractivity contribution in [2.45, 2.75) is 0 Å². The number of benzene rings is 1. The van der Waals surface area contributed by atoms with Crippen LogP contribution >= 0.6 is 0 Å². The van der Waals surface area contributed by atoms with Crippen LogP contribution in [0.15, 0.2) is 30.3 Å². The molecule has 0 bridgehead atoms. The topological polar surface area (TPSA) is 26.0 Å². The van der Waals surface area contributed by atoms with Gasteiger partial charge in [-0.2, -0.15) is 0 Å². The van der Waals surface area contributed by atoms with Gasteiger partial charge in [-0.3, -0.25) is 0 Å². The van der Waals surface area contributed by atoms with Gasteiger partial charge in [0.1, 0.15) is 0 Å². The average Bonchev–Trinajstić information content (AvgIpc) is 2.05. The molecule has 0 aliphatic carbocycles. The average molecular weight is 129 g/mol. The van der Waals surface area contributed by atoms with Crippen molar-refractivity contribution < 1.29 is 0 Å². The van der Waals surface area contributed by atoms with Gasteiger partial charge in [0.2, 0.25) is 0 Å². The summed E-state index contributed by atoms with van der Waals surface area (Å²) in [4.78, 5) is 0. The molecule has 0 saturated carbocycles. The van der Waals surface area contributed by atoms with Crippen molar-refractivity contribution in [3.8, 4) is 5.92 Å². The normalized spacial score (nSPS) is 8.70. The van der Waals surface area contributed by atoms with Crippen molar-refractivity contribution in [1.29, 1.82) is 0 Å². The molecule has 0 spiro atoms. The van der Waals surface area contributed by atoms with E-state index in [9.17, 15) is 0 Å². The minimum absolute atomic E-state index is 0.376. The van der Waals surface area contributed by atoms with Crippen LogP contribution < -0.4 is 5.73 Å². The van der Waals surface area contributed by atoms with Crippen LogP contribution in [-0.2, 0) is 0 Å². The summed E-state index contributed by atoms with van der Waals surface area (Å²) in [6.45, 7) is 0. The van der Waals surface area contributed by atoms with Gasteiger partial charge in [0, 0.05) is 0 Å². The third kappa shape index (κ3) is 1.41.